The quantitative estimate of drug-likeness (QED) is 0.784. The minimum Gasteiger partial charge on any atom is -0.383 e. The fraction of sp³-hybridized carbons (Fsp3) is 0.417. The minimum absolute atomic E-state index is 0.0387. The Hall–Kier alpha value is -0.920. The van der Waals surface area contributed by atoms with Crippen LogP contribution in [0.25, 0.3) is 0 Å². The molecule has 0 saturated carbocycles. The molecular weight excluding hydrogens is 334 g/mol. The normalized spacial score (nSPS) is 13.0. The summed E-state index contributed by atoms with van der Waals surface area (Å²) in [5.74, 6) is -0.249. The van der Waals surface area contributed by atoms with Crippen molar-refractivity contribution in [3.8, 4) is 0 Å². The molecule has 0 spiro atoms. The second kappa shape index (κ2) is 7.02. The molecule has 1 rings (SSSR count). The van der Waals surface area contributed by atoms with Gasteiger partial charge >= 0.3 is 0 Å². The summed E-state index contributed by atoms with van der Waals surface area (Å²) in [5, 5.41) is 2.73. The Balaban J connectivity index is 2.64. The van der Waals surface area contributed by atoms with Crippen LogP contribution in [0.4, 0.5) is 0 Å². The zero-order chi connectivity index (χ0) is 14.5. The summed E-state index contributed by atoms with van der Waals surface area (Å²) in [4.78, 5) is 12.0. The van der Waals surface area contributed by atoms with Gasteiger partial charge in [-0.05, 0) is 24.3 Å². The highest BCUT2D eigenvalue weighted by molar-refractivity contribution is 9.09. The number of sulfone groups is 1. The molecule has 0 aromatic heterocycles. The Kier molecular flexibility index (Phi) is 5.96. The van der Waals surface area contributed by atoms with Gasteiger partial charge in [-0.15, -0.1) is 0 Å². The fourth-order valence-corrected chi connectivity index (χ4v) is 2.46. The summed E-state index contributed by atoms with van der Waals surface area (Å²) < 4.78 is 27.5. The fourth-order valence-electron chi connectivity index (χ4n) is 1.40. The predicted octanol–water partition coefficient (Wildman–Crippen LogP) is 1.23. The molecule has 19 heavy (non-hydrogen) atoms. The van der Waals surface area contributed by atoms with Crippen molar-refractivity contribution in [2.45, 2.75) is 9.72 Å². The van der Waals surface area contributed by atoms with Crippen LogP contribution >= 0.6 is 15.9 Å². The number of carbonyl (C=O) groups excluding carboxylic acids is 1. The van der Waals surface area contributed by atoms with Crippen molar-refractivity contribution in [2.24, 2.45) is 0 Å². The van der Waals surface area contributed by atoms with Gasteiger partial charge in [-0.3, -0.25) is 4.79 Å². The maximum Gasteiger partial charge on any atom is 0.251 e. The largest absolute Gasteiger partial charge is 0.383 e. The van der Waals surface area contributed by atoms with Crippen molar-refractivity contribution in [3.05, 3.63) is 29.8 Å². The van der Waals surface area contributed by atoms with Gasteiger partial charge in [0.2, 0.25) is 0 Å². The molecule has 1 atom stereocenters. The van der Waals surface area contributed by atoms with Crippen molar-refractivity contribution in [2.75, 3.05) is 26.5 Å². The predicted molar refractivity (Wildman–Crippen MR) is 76.5 cm³/mol. The molecule has 1 N–H and O–H groups in total. The monoisotopic (exact) mass is 349 g/mol. The maximum absolute atomic E-state index is 11.8. The van der Waals surface area contributed by atoms with Gasteiger partial charge in [0.15, 0.2) is 9.84 Å². The van der Waals surface area contributed by atoms with Crippen molar-refractivity contribution < 1.29 is 17.9 Å². The molecule has 5 nitrogen and oxygen atoms in total. The van der Waals surface area contributed by atoms with Crippen LogP contribution in [0.5, 0.6) is 0 Å². The topological polar surface area (TPSA) is 72.5 Å². The molecule has 0 radical (unpaired) electrons. The van der Waals surface area contributed by atoms with E-state index >= 15 is 0 Å². The van der Waals surface area contributed by atoms with E-state index in [0.717, 1.165) is 6.26 Å². The molecular formula is C12H16BrNO4S. The zero-order valence-corrected chi connectivity index (χ0v) is 13.1. The number of hydrogen-bond acceptors (Lipinski definition) is 4. The van der Waals surface area contributed by atoms with E-state index < -0.39 is 9.84 Å². The summed E-state index contributed by atoms with van der Waals surface area (Å²) in [7, 11) is -1.65. The second-order valence-electron chi connectivity index (χ2n) is 4.06. The van der Waals surface area contributed by atoms with Crippen molar-refractivity contribution >= 4 is 31.7 Å². The van der Waals surface area contributed by atoms with Crippen LogP contribution in [0, 0.1) is 0 Å². The number of carbonyl (C=O) groups is 1. The van der Waals surface area contributed by atoms with E-state index in [9.17, 15) is 13.2 Å². The van der Waals surface area contributed by atoms with Crippen LogP contribution in [-0.2, 0) is 14.6 Å². The Morgan fingerprint density at radius 2 is 1.95 bits per heavy atom. The number of ether oxygens (including phenoxy) is 1. The lowest BCUT2D eigenvalue weighted by atomic mass is 10.2. The van der Waals surface area contributed by atoms with Crippen LogP contribution in [0.15, 0.2) is 29.2 Å². The summed E-state index contributed by atoms with van der Waals surface area (Å²) in [6.07, 6.45) is 1.13. The maximum atomic E-state index is 11.8. The van der Waals surface area contributed by atoms with Gasteiger partial charge in [-0.2, -0.15) is 0 Å². The second-order valence-corrected chi connectivity index (χ2v) is 7.37. The van der Waals surface area contributed by atoms with Gasteiger partial charge in [0.25, 0.3) is 5.91 Å². The lowest BCUT2D eigenvalue weighted by Gasteiger charge is -2.10. The molecule has 1 aromatic rings. The third-order valence-corrected chi connectivity index (χ3v) is 4.09. The highest BCUT2D eigenvalue weighted by Gasteiger charge is 2.11. The molecule has 0 bridgehead atoms. The summed E-state index contributed by atoms with van der Waals surface area (Å²) in [5.41, 5.74) is 0.421. The molecule has 0 fully saturated rings. The molecule has 0 aliphatic rings. The Morgan fingerprint density at radius 1 is 1.37 bits per heavy atom. The van der Waals surface area contributed by atoms with E-state index in [1.807, 2.05) is 0 Å². The van der Waals surface area contributed by atoms with Crippen molar-refractivity contribution in [1.29, 1.82) is 0 Å². The van der Waals surface area contributed by atoms with Crippen molar-refractivity contribution in [3.63, 3.8) is 0 Å². The number of halogens is 1. The molecule has 0 aliphatic carbocycles. The average Bonchev–Trinajstić information content (AvgIpc) is 2.35. The lowest BCUT2D eigenvalue weighted by Crippen LogP contribution is -2.31. The van der Waals surface area contributed by atoms with Gasteiger partial charge in [-0.25, -0.2) is 8.42 Å². The Bertz CT molecular complexity index is 527. The number of nitrogens with one attached hydrogen (secondary N) is 1. The first kappa shape index (κ1) is 16.1. The van der Waals surface area contributed by atoms with Crippen LogP contribution < -0.4 is 5.32 Å². The zero-order valence-electron chi connectivity index (χ0n) is 10.7. The number of rotatable bonds is 6. The standard InChI is InChI=1S/C12H16BrNO4S/c1-18-8-10(13)7-14-12(15)9-3-5-11(6-4-9)19(2,16)17/h3-6,10H,7-8H2,1-2H3,(H,14,15). The Labute approximate surface area is 121 Å². The molecule has 1 unspecified atom stereocenters. The van der Waals surface area contributed by atoms with Gasteiger partial charge in [0, 0.05) is 25.5 Å². The van der Waals surface area contributed by atoms with Crippen LogP contribution in [0.2, 0.25) is 0 Å². The van der Waals surface area contributed by atoms with Gasteiger partial charge in [0.1, 0.15) is 0 Å². The number of hydrogen-bond donors (Lipinski definition) is 1. The highest BCUT2D eigenvalue weighted by atomic mass is 79.9. The SMILES string of the molecule is COCC(Br)CNC(=O)c1ccc(S(C)(=O)=O)cc1. The number of benzene rings is 1. The van der Waals surface area contributed by atoms with Crippen LogP contribution in [0.3, 0.4) is 0 Å². The van der Waals surface area contributed by atoms with Crippen LogP contribution in [-0.4, -0.2) is 45.7 Å². The van der Waals surface area contributed by atoms with E-state index in [-0.39, 0.29) is 15.6 Å². The van der Waals surface area contributed by atoms with Crippen molar-refractivity contribution in [1.82, 2.24) is 5.32 Å². The first-order valence-corrected chi connectivity index (χ1v) is 8.36. The molecule has 7 heteroatoms. The van der Waals surface area contributed by atoms with Crippen LogP contribution in [0.1, 0.15) is 10.4 Å². The van der Waals surface area contributed by atoms with Gasteiger partial charge in [0.05, 0.1) is 16.3 Å². The van der Waals surface area contributed by atoms with E-state index in [1.165, 1.54) is 24.3 Å². The molecule has 0 saturated heterocycles. The van der Waals surface area contributed by atoms with Gasteiger partial charge in [-0.1, -0.05) is 15.9 Å². The number of amides is 1. The van der Waals surface area contributed by atoms with E-state index in [0.29, 0.717) is 18.7 Å². The Morgan fingerprint density at radius 3 is 2.42 bits per heavy atom. The van der Waals surface area contributed by atoms with E-state index in [2.05, 4.69) is 21.2 Å². The summed E-state index contributed by atoms with van der Waals surface area (Å²) >= 11 is 3.36. The van der Waals surface area contributed by atoms with E-state index in [4.69, 9.17) is 4.74 Å². The number of methoxy groups -OCH3 is 1. The summed E-state index contributed by atoms with van der Waals surface area (Å²) in [6.45, 7) is 0.924. The molecule has 106 valence electrons. The lowest BCUT2D eigenvalue weighted by molar-refractivity contribution is 0.0950. The van der Waals surface area contributed by atoms with Gasteiger partial charge < -0.3 is 10.1 Å². The molecule has 0 aliphatic heterocycles. The summed E-state index contributed by atoms with van der Waals surface area (Å²) in [6, 6.07) is 5.83. The molecule has 1 amide bonds. The molecule has 0 heterocycles. The third kappa shape index (κ3) is 5.30. The molecule has 1 aromatic carbocycles. The third-order valence-electron chi connectivity index (χ3n) is 2.38. The average molecular weight is 350 g/mol. The minimum atomic E-state index is -3.23. The highest BCUT2D eigenvalue weighted by Crippen LogP contribution is 2.10. The smallest absolute Gasteiger partial charge is 0.251 e. The number of alkyl halides is 1. The van der Waals surface area contributed by atoms with E-state index in [1.54, 1.807) is 7.11 Å². The first-order chi connectivity index (χ1) is 8.84. The first-order valence-electron chi connectivity index (χ1n) is 5.56.